The first kappa shape index (κ1) is 23.1. The number of aromatic nitrogens is 1. The van der Waals surface area contributed by atoms with Crippen LogP contribution in [0.3, 0.4) is 0 Å². The monoisotopic (exact) mass is 472 g/mol. The van der Waals surface area contributed by atoms with Gasteiger partial charge >= 0.3 is 6.18 Å². The number of anilines is 1. The lowest BCUT2D eigenvalue weighted by Crippen LogP contribution is -2.38. The van der Waals surface area contributed by atoms with Crippen LogP contribution >= 0.6 is 23.1 Å². The number of nitrogens with one attached hydrogen (secondary N) is 1. The maximum absolute atomic E-state index is 12.9. The first-order chi connectivity index (χ1) is 14.5. The number of hydrogen-bond acceptors (Lipinski definition) is 6. The average molecular weight is 473 g/mol. The molecule has 1 aliphatic rings. The molecule has 3 rings (SSSR count). The van der Waals surface area contributed by atoms with Crippen LogP contribution in [0.15, 0.2) is 34.0 Å². The van der Waals surface area contributed by atoms with E-state index in [1.54, 1.807) is 12.3 Å². The van der Waals surface area contributed by atoms with Crippen molar-refractivity contribution < 1.29 is 27.6 Å². The Morgan fingerprint density at radius 3 is 2.84 bits per heavy atom. The Morgan fingerprint density at radius 1 is 1.42 bits per heavy atom. The van der Waals surface area contributed by atoms with Gasteiger partial charge in [0.25, 0.3) is 0 Å². The highest BCUT2D eigenvalue weighted by atomic mass is 32.2. The van der Waals surface area contributed by atoms with Gasteiger partial charge in [0, 0.05) is 24.0 Å². The molecule has 0 saturated carbocycles. The van der Waals surface area contributed by atoms with Crippen LogP contribution in [0.25, 0.3) is 0 Å². The van der Waals surface area contributed by atoms with E-state index in [0.29, 0.717) is 10.0 Å². The first-order valence-electron chi connectivity index (χ1n) is 9.20. The van der Waals surface area contributed by atoms with Crippen molar-refractivity contribution in [3.8, 4) is 0 Å². The van der Waals surface area contributed by atoms with Crippen molar-refractivity contribution in [1.82, 2.24) is 10.3 Å². The molecule has 166 valence electrons. The first-order valence-corrected chi connectivity index (χ1v) is 11.0. The minimum atomic E-state index is -4.51. The fraction of sp³-hybridized carbons (Fsp3) is 0.368. The van der Waals surface area contributed by atoms with Gasteiger partial charge in [0.1, 0.15) is 0 Å². The number of rotatable bonds is 7. The van der Waals surface area contributed by atoms with Crippen molar-refractivity contribution in [2.75, 3.05) is 11.4 Å². The molecule has 0 bridgehead atoms. The van der Waals surface area contributed by atoms with Crippen LogP contribution in [-0.4, -0.2) is 40.5 Å². The molecule has 0 radical (unpaired) electrons. The van der Waals surface area contributed by atoms with Crippen LogP contribution in [0.2, 0.25) is 0 Å². The molecule has 31 heavy (non-hydrogen) atoms. The topological polar surface area (TPSA) is 105 Å². The second-order valence-electron chi connectivity index (χ2n) is 6.96. The summed E-state index contributed by atoms with van der Waals surface area (Å²) in [6.45, 7) is 1.74. The Bertz CT molecular complexity index is 996. The Kier molecular flexibility index (Phi) is 6.90. The predicted molar refractivity (Wildman–Crippen MR) is 111 cm³/mol. The van der Waals surface area contributed by atoms with Crippen molar-refractivity contribution in [3.63, 3.8) is 0 Å². The smallest absolute Gasteiger partial charge is 0.369 e. The third-order valence-corrected chi connectivity index (χ3v) is 6.66. The van der Waals surface area contributed by atoms with Crippen molar-refractivity contribution >= 4 is 46.5 Å². The number of primary amides is 1. The zero-order valence-corrected chi connectivity index (χ0v) is 17.9. The molecule has 1 saturated heterocycles. The predicted octanol–water partition coefficient (Wildman–Crippen LogP) is 2.59. The minimum Gasteiger partial charge on any atom is -0.369 e. The van der Waals surface area contributed by atoms with Gasteiger partial charge in [-0.15, -0.1) is 11.3 Å². The SMILES string of the molecule is CC(Sc1nc(CC(=O)NC2CC(=O)N(c3cccc(C(F)(F)F)c3)C2)cs1)C(N)=O. The second-order valence-corrected chi connectivity index (χ2v) is 9.41. The number of alkyl halides is 3. The highest BCUT2D eigenvalue weighted by Crippen LogP contribution is 2.33. The fourth-order valence-electron chi connectivity index (χ4n) is 2.98. The number of nitrogens with two attached hydrogens (primary N) is 1. The highest BCUT2D eigenvalue weighted by Gasteiger charge is 2.34. The largest absolute Gasteiger partial charge is 0.416 e. The molecule has 0 spiro atoms. The number of benzene rings is 1. The number of amides is 3. The molecule has 1 aromatic heterocycles. The van der Waals surface area contributed by atoms with Crippen molar-refractivity contribution in [1.29, 1.82) is 0 Å². The number of halogens is 3. The number of carbonyl (C=O) groups excluding carboxylic acids is 3. The molecular formula is C19H19F3N4O3S2. The lowest BCUT2D eigenvalue weighted by Gasteiger charge is -2.18. The molecule has 1 aromatic carbocycles. The van der Waals surface area contributed by atoms with Gasteiger partial charge in [-0.3, -0.25) is 14.4 Å². The number of nitrogens with zero attached hydrogens (tertiary/aromatic N) is 2. The summed E-state index contributed by atoms with van der Waals surface area (Å²) in [6.07, 6.45) is -4.53. The van der Waals surface area contributed by atoms with E-state index in [9.17, 15) is 27.6 Å². The summed E-state index contributed by atoms with van der Waals surface area (Å²) in [4.78, 5) is 41.3. The van der Waals surface area contributed by atoms with Gasteiger partial charge in [-0.1, -0.05) is 17.8 Å². The molecular weight excluding hydrogens is 453 g/mol. The summed E-state index contributed by atoms with van der Waals surface area (Å²) >= 11 is 2.49. The second kappa shape index (κ2) is 9.27. The zero-order valence-electron chi connectivity index (χ0n) is 16.3. The Hall–Kier alpha value is -2.60. The molecule has 2 atom stereocenters. The van der Waals surface area contributed by atoms with Gasteiger partial charge < -0.3 is 16.0 Å². The quantitative estimate of drug-likeness (QED) is 0.603. The summed E-state index contributed by atoms with van der Waals surface area (Å²) < 4.78 is 39.4. The van der Waals surface area contributed by atoms with Gasteiger partial charge in [-0.25, -0.2) is 4.98 Å². The van der Waals surface area contributed by atoms with Gasteiger partial charge in [0.2, 0.25) is 17.7 Å². The summed E-state index contributed by atoms with van der Waals surface area (Å²) in [6, 6.07) is 4.02. The molecule has 2 unspecified atom stereocenters. The van der Waals surface area contributed by atoms with E-state index in [1.165, 1.54) is 40.1 Å². The van der Waals surface area contributed by atoms with Crippen LogP contribution in [-0.2, 0) is 27.0 Å². The van der Waals surface area contributed by atoms with Crippen LogP contribution in [0, 0.1) is 0 Å². The van der Waals surface area contributed by atoms with E-state index in [1.807, 2.05) is 0 Å². The maximum atomic E-state index is 12.9. The zero-order chi connectivity index (χ0) is 22.8. The average Bonchev–Trinajstić information content (AvgIpc) is 3.26. The van der Waals surface area contributed by atoms with Crippen LogP contribution in [0.1, 0.15) is 24.6 Å². The van der Waals surface area contributed by atoms with E-state index in [4.69, 9.17) is 5.73 Å². The molecule has 3 N–H and O–H groups in total. The molecule has 2 aromatic rings. The lowest BCUT2D eigenvalue weighted by atomic mass is 10.2. The van der Waals surface area contributed by atoms with Gasteiger partial charge in [-0.2, -0.15) is 13.2 Å². The minimum absolute atomic E-state index is 0.00369. The Morgan fingerprint density at radius 2 is 2.16 bits per heavy atom. The summed E-state index contributed by atoms with van der Waals surface area (Å²) in [5, 5.41) is 3.98. The molecule has 12 heteroatoms. The van der Waals surface area contributed by atoms with E-state index < -0.39 is 28.9 Å². The molecule has 1 fully saturated rings. The van der Waals surface area contributed by atoms with E-state index in [-0.39, 0.29) is 36.9 Å². The van der Waals surface area contributed by atoms with Gasteiger partial charge in [0.05, 0.1) is 29.0 Å². The van der Waals surface area contributed by atoms with E-state index >= 15 is 0 Å². The maximum Gasteiger partial charge on any atom is 0.416 e. The standard InChI is InChI=1S/C19H19F3N4O3S2/c1-10(17(23)29)31-18-25-13(9-30-18)6-15(27)24-12-7-16(28)26(8-12)14-4-2-3-11(5-14)19(20,21)22/h2-5,9-10,12H,6-8H2,1H3,(H2,23,29)(H,24,27). The molecule has 1 aliphatic heterocycles. The molecule has 3 amide bonds. The van der Waals surface area contributed by atoms with Crippen LogP contribution < -0.4 is 16.0 Å². The third kappa shape index (κ3) is 5.97. The molecule has 7 nitrogen and oxygen atoms in total. The highest BCUT2D eigenvalue weighted by molar-refractivity contribution is 8.02. The summed E-state index contributed by atoms with van der Waals surface area (Å²) in [7, 11) is 0. The Balaban J connectivity index is 1.57. The molecule has 0 aliphatic carbocycles. The molecule has 2 heterocycles. The third-order valence-electron chi connectivity index (χ3n) is 4.53. The van der Waals surface area contributed by atoms with Crippen LogP contribution in [0.4, 0.5) is 18.9 Å². The fourth-order valence-corrected chi connectivity index (χ4v) is 4.91. The summed E-state index contributed by atoms with van der Waals surface area (Å²) in [5.41, 5.74) is 5.04. The lowest BCUT2D eigenvalue weighted by molar-refractivity contribution is -0.137. The Labute approximate surface area is 184 Å². The number of hydrogen-bond donors (Lipinski definition) is 2. The van der Waals surface area contributed by atoms with Gasteiger partial charge in [-0.05, 0) is 25.1 Å². The van der Waals surface area contributed by atoms with Crippen molar-refractivity contribution in [2.45, 2.75) is 41.6 Å². The van der Waals surface area contributed by atoms with Crippen LogP contribution in [0.5, 0.6) is 0 Å². The van der Waals surface area contributed by atoms with Crippen molar-refractivity contribution in [3.05, 3.63) is 40.9 Å². The van der Waals surface area contributed by atoms with E-state index in [0.717, 1.165) is 12.1 Å². The van der Waals surface area contributed by atoms with E-state index in [2.05, 4.69) is 10.3 Å². The number of thiazole rings is 1. The summed E-state index contributed by atoms with van der Waals surface area (Å²) in [5.74, 6) is -1.18. The van der Waals surface area contributed by atoms with Gasteiger partial charge in [0.15, 0.2) is 4.34 Å². The number of carbonyl (C=O) groups is 3. The number of thioether (sulfide) groups is 1. The van der Waals surface area contributed by atoms with Crippen molar-refractivity contribution in [2.24, 2.45) is 5.73 Å². The normalized spacial score (nSPS) is 17.6.